The van der Waals surface area contributed by atoms with Gasteiger partial charge in [-0.15, -0.1) is 0 Å². The molecule has 0 aliphatic carbocycles. The van der Waals surface area contributed by atoms with Crippen LogP contribution < -0.4 is 139 Å². The topological polar surface area (TPSA) is 250 Å². The molecule has 3 aromatic rings. The number of carbonyl (C=O) groups excluding carboxylic acids is 3. The molecule has 14 nitrogen and oxygen atoms in total. The summed E-state index contributed by atoms with van der Waals surface area (Å²) in [6.45, 7) is 13.3. The fourth-order valence-electron chi connectivity index (χ4n) is 7.10. The number of hydrogen-bond donors (Lipinski definition) is 3. The van der Waals surface area contributed by atoms with Crippen molar-refractivity contribution in [1.29, 1.82) is 0 Å². The smallest absolute Gasteiger partial charge is 0.862 e. The van der Waals surface area contributed by atoms with Crippen LogP contribution in [0, 0.1) is 13.8 Å². The number of aliphatic carboxylic acids is 4. The molecule has 0 fully saturated rings. The number of H-pyrrole nitrogens is 2. The Kier molecular flexibility index (Phi) is 20.2. The van der Waals surface area contributed by atoms with Crippen LogP contribution >= 0.6 is 0 Å². The van der Waals surface area contributed by atoms with E-state index in [2.05, 4.69) is 21.5 Å². The molecule has 3 atom stereocenters. The van der Waals surface area contributed by atoms with E-state index in [0.29, 0.717) is 34.4 Å². The number of aliphatic imine (C=N–C) groups is 1. The average Bonchev–Trinajstić information content (AvgIpc) is 3.74. The van der Waals surface area contributed by atoms with Gasteiger partial charge in [0.05, 0.1) is 34.7 Å². The fraction of sp³-hybridized carbons (Fsp3) is 0.342. The van der Waals surface area contributed by atoms with Crippen LogP contribution in [0.1, 0.15) is 102 Å². The number of nitrogens with zero attached hydrogens (tertiary/aromatic N) is 3. The summed E-state index contributed by atoms with van der Waals surface area (Å²) in [6, 6.07) is 3.55. The van der Waals surface area contributed by atoms with Crippen molar-refractivity contribution in [2.24, 2.45) is 4.99 Å². The minimum Gasteiger partial charge on any atom is -0.862 e. The van der Waals surface area contributed by atoms with E-state index in [9.17, 15) is 44.7 Å². The standard InChI is InChI=1S/C38H41N5O9.4Na/c1-7-20-16(3)24-12-26-18(5)22(9-10-31(44)41-30(37(49)50)15-33(47)48)35(42-26)23(11-32(45)46)36-34(38(51)52)19(6)27(43-36)14-29-21(8-2)17(4)25(40-29)13-28(20)39-24;;;;/h7,12-14,18,22,30,39-40H,1,8-11,15H2,2-6H3,(H,41,44)(H,45,46)(H,47,48)(H,49,50)(H,51,52);;;;/q;4*+1/p-4/t18-,22-,30-;;;;/m0..../s1. The summed E-state index contributed by atoms with van der Waals surface area (Å²) in [6.07, 6.45) is 0.173. The van der Waals surface area contributed by atoms with Gasteiger partial charge >= 0.3 is 124 Å². The van der Waals surface area contributed by atoms with E-state index in [1.54, 1.807) is 25.1 Å². The summed E-state index contributed by atoms with van der Waals surface area (Å²) < 4.78 is 0. The van der Waals surface area contributed by atoms with Crippen molar-refractivity contribution in [1.82, 2.24) is 19.9 Å². The maximum Gasteiger partial charge on any atom is 1.00 e. The van der Waals surface area contributed by atoms with Gasteiger partial charge in [0.2, 0.25) is 0 Å². The zero-order valence-electron chi connectivity index (χ0n) is 33.3. The molecular formula is C38H37N5Na4O9. The molecule has 272 valence electrons. The number of fused-ring (bicyclic) bond motifs is 8. The summed E-state index contributed by atoms with van der Waals surface area (Å²) in [5.41, 5.74) is 7.59. The number of aromatic amines is 2. The van der Waals surface area contributed by atoms with Gasteiger partial charge in [-0.3, -0.25) is 9.98 Å². The molecule has 0 radical (unpaired) electrons. The third-order valence-electron chi connectivity index (χ3n) is 9.87. The summed E-state index contributed by atoms with van der Waals surface area (Å²) in [7, 11) is 0. The first-order valence-corrected chi connectivity index (χ1v) is 16.7. The molecule has 0 unspecified atom stereocenters. The number of aryl methyl sites for hydroxylation is 3. The van der Waals surface area contributed by atoms with Crippen LogP contribution in [0.3, 0.4) is 0 Å². The predicted molar refractivity (Wildman–Crippen MR) is 185 cm³/mol. The second kappa shape index (κ2) is 21.8. The number of aromatic nitrogens is 4. The monoisotopic (exact) mass is 799 g/mol. The molecule has 5 rings (SSSR count). The van der Waals surface area contributed by atoms with E-state index in [4.69, 9.17) is 9.97 Å². The number of carboxylic acids is 4. The molecule has 0 saturated heterocycles. The number of nitrogens with one attached hydrogen (secondary N) is 2. The molecule has 8 bridgehead atoms. The van der Waals surface area contributed by atoms with Gasteiger partial charge in [0.1, 0.15) is 0 Å². The number of allylic oxidation sites excluding steroid dienone is 1. The van der Waals surface area contributed by atoms with Crippen molar-refractivity contribution >= 4 is 69.1 Å². The second-order valence-corrected chi connectivity index (χ2v) is 13.0. The Balaban J connectivity index is 0.00000392. The largest absolute Gasteiger partial charge is 1.00 e. The normalized spacial score (nSPS) is 15.3. The van der Waals surface area contributed by atoms with Gasteiger partial charge in [0.25, 0.3) is 0 Å². The van der Waals surface area contributed by atoms with Crippen LogP contribution in [-0.4, -0.2) is 60.9 Å². The molecule has 5 heterocycles. The molecule has 0 spiro atoms. The Morgan fingerprint density at radius 1 is 0.893 bits per heavy atom. The summed E-state index contributed by atoms with van der Waals surface area (Å²) >= 11 is 0. The van der Waals surface area contributed by atoms with Crippen LogP contribution in [0.15, 0.2) is 29.8 Å². The van der Waals surface area contributed by atoms with Crippen molar-refractivity contribution in [3.05, 3.63) is 75.4 Å². The fourth-order valence-corrected chi connectivity index (χ4v) is 7.10. The van der Waals surface area contributed by atoms with Crippen molar-refractivity contribution in [3.63, 3.8) is 0 Å². The number of carbonyl (C=O) groups is 4. The van der Waals surface area contributed by atoms with Crippen molar-refractivity contribution in [2.45, 2.75) is 84.6 Å². The zero-order chi connectivity index (χ0) is 38.2. The van der Waals surface area contributed by atoms with Gasteiger partial charge in [0.15, 0.2) is 0 Å². The predicted octanol–water partition coefficient (Wildman–Crippen LogP) is -10.9. The third-order valence-corrected chi connectivity index (χ3v) is 9.87. The molecule has 0 aromatic carbocycles. The van der Waals surface area contributed by atoms with Gasteiger partial charge in [-0.05, 0) is 86.4 Å². The van der Waals surface area contributed by atoms with Gasteiger partial charge in [-0.1, -0.05) is 26.5 Å². The van der Waals surface area contributed by atoms with E-state index >= 15 is 0 Å². The minimum absolute atomic E-state index is 0. The molecule has 56 heavy (non-hydrogen) atoms. The van der Waals surface area contributed by atoms with E-state index in [1.807, 2.05) is 33.8 Å². The summed E-state index contributed by atoms with van der Waals surface area (Å²) in [5.74, 6) is -8.53. The average molecular weight is 800 g/mol. The SMILES string of the molecule is C=Cc1c(C)c2cc3nc(c(CC(=O)[O-])c4nc(cc5[nH]c(cc1[nH]2)c(C)c5CC)C(C)=C4C(=O)O)[C@@H](CCC([O-])=N[C@@H](CC(=O)[O-])C(=O)[O-])[C@@H]3C.[Na+].[Na+].[Na+].[Na+]. The van der Waals surface area contributed by atoms with Crippen LogP contribution in [0.4, 0.5) is 0 Å². The Hall–Kier alpha value is -2.05. The van der Waals surface area contributed by atoms with Crippen LogP contribution in [0.5, 0.6) is 0 Å². The summed E-state index contributed by atoms with van der Waals surface area (Å²) in [5, 5.41) is 58.1. The second-order valence-electron chi connectivity index (χ2n) is 13.0. The van der Waals surface area contributed by atoms with E-state index in [-0.39, 0.29) is 154 Å². The molecule has 3 aromatic heterocycles. The molecule has 2 aliphatic heterocycles. The zero-order valence-corrected chi connectivity index (χ0v) is 41.3. The van der Waals surface area contributed by atoms with Gasteiger partial charge in [-0.2, -0.15) is 0 Å². The van der Waals surface area contributed by atoms with E-state index < -0.39 is 60.5 Å². The number of carboxylic acid groups (broad SMARTS) is 4. The van der Waals surface area contributed by atoms with Gasteiger partial charge < -0.3 is 49.9 Å². The van der Waals surface area contributed by atoms with Crippen molar-refractivity contribution in [2.75, 3.05) is 0 Å². The number of hydrogen-bond acceptors (Lipinski definition) is 11. The van der Waals surface area contributed by atoms with Crippen LogP contribution in [-0.2, 0) is 32.0 Å². The van der Waals surface area contributed by atoms with E-state index in [0.717, 1.165) is 33.3 Å². The summed E-state index contributed by atoms with van der Waals surface area (Å²) in [4.78, 5) is 67.6. The maximum atomic E-state index is 12.9. The van der Waals surface area contributed by atoms with Crippen molar-refractivity contribution in [3.8, 4) is 0 Å². The first kappa shape index (κ1) is 52.0. The number of rotatable bonds is 12. The first-order valence-electron chi connectivity index (χ1n) is 16.7. The van der Waals surface area contributed by atoms with Crippen LogP contribution in [0.2, 0.25) is 0 Å². The maximum absolute atomic E-state index is 12.9. The molecular weight excluding hydrogens is 762 g/mol. The third kappa shape index (κ3) is 11.0. The molecule has 2 aliphatic rings. The van der Waals surface area contributed by atoms with Crippen LogP contribution in [0.25, 0.3) is 39.3 Å². The Morgan fingerprint density at radius 3 is 2.07 bits per heavy atom. The van der Waals surface area contributed by atoms with Crippen molar-refractivity contribution < 1.29 is 163 Å². The first-order chi connectivity index (χ1) is 24.6. The molecule has 0 amide bonds. The quantitative estimate of drug-likeness (QED) is 0.0882. The Bertz CT molecular complexity index is 2280. The minimum atomic E-state index is -1.96. The van der Waals surface area contributed by atoms with E-state index in [1.165, 1.54) is 0 Å². The Morgan fingerprint density at radius 2 is 1.52 bits per heavy atom. The van der Waals surface area contributed by atoms with Gasteiger partial charge in [-0.25, -0.2) is 9.78 Å². The van der Waals surface area contributed by atoms with Gasteiger partial charge in [0, 0.05) is 75.5 Å². The molecule has 3 N–H and O–H groups in total. The molecule has 18 heteroatoms. The Labute approximate surface area is 412 Å². The molecule has 0 saturated carbocycles.